The van der Waals surface area contributed by atoms with E-state index in [9.17, 15) is 24.5 Å². The number of rotatable bonds is 7. The molecule has 0 aliphatic heterocycles. The molecule has 1 heterocycles. The lowest BCUT2D eigenvalue weighted by Gasteiger charge is -2.01. The predicted molar refractivity (Wildman–Crippen MR) is 102 cm³/mol. The average Bonchev–Trinajstić information content (AvgIpc) is 3.09. The Bertz CT molecular complexity index is 1090. The number of aromatic nitrogens is 1. The van der Waals surface area contributed by atoms with Crippen molar-refractivity contribution in [1.82, 2.24) is 4.98 Å². The number of hydrogen-bond donors (Lipinski definition) is 1. The number of carbonyl (C=O) groups is 3. The zero-order chi connectivity index (χ0) is 20.3. The maximum atomic E-state index is 12.1. The van der Waals surface area contributed by atoms with Crippen LogP contribution in [0.2, 0.25) is 0 Å². The summed E-state index contributed by atoms with van der Waals surface area (Å²) in [6.45, 7) is 0. The van der Waals surface area contributed by atoms with Crippen LogP contribution in [0.3, 0.4) is 0 Å². The van der Waals surface area contributed by atoms with Crippen molar-refractivity contribution in [2.24, 2.45) is 0 Å². The summed E-state index contributed by atoms with van der Waals surface area (Å²) in [4.78, 5) is 50.4. The summed E-state index contributed by atoms with van der Waals surface area (Å²) in [5.74, 6) is -1.86. The highest BCUT2D eigenvalue weighted by atomic mass is 32.1. The highest BCUT2D eigenvalue weighted by Crippen LogP contribution is 2.29. The van der Waals surface area contributed by atoms with Gasteiger partial charge in [-0.05, 0) is 30.3 Å². The molecule has 0 saturated carbocycles. The van der Waals surface area contributed by atoms with E-state index in [0.717, 1.165) is 16.8 Å². The summed E-state index contributed by atoms with van der Waals surface area (Å²) in [7, 11) is 1.53. The number of hydrogen-bond acceptors (Lipinski definition) is 8. The zero-order valence-electron chi connectivity index (χ0n) is 14.5. The number of amides is 1. The number of nitrogens with zero attached hydrogens (tertiary/aromatic N) is 2. The van der Waals surface area contributed by atoms with Crippen molar-refractivity contribution < 1.29 is 24.0 Å². The Morgan fingerprint density at radius 1 is 1.18 bits per heavy atom. The lowest BCUT2D eigenvalue weighted by Crippen LogP contribution is -2.25. The Morgan fingerprint density at radius 2 is 1.89 bits per heavy atom. The van der Waals surface area contributed by atoms with Crippen LogP contribution in [0.4, 0.5) is 10.8 Å². The standard InChI is InChI=1S/C18H13N3O6S/c1-27-12-6-7-13-16(8-12)28-18(19-13)20-17(24)15(23)9-14(22)10-2-4-11(5-3-10)21(25)26/h2-8H,9H2,1H3,(H,19,20,24). The van der Waals surface area contributed by atoms with E-state index in [4.69, 9.17) is 4.74 Å². The van der Waals surface area contributed by atoms with Gasteiger partial charge in [0.2, 0.25) is 5.78 Å². The van der Waals surface area contributed by atoms with Gasteiger partial charge in [0.15, 0.2) is 10.9 Å². The number of thiazole rings is 1. The highest BCUT2D eigenvalue weighted by Gasteiger charge is 2.21. The summed E-state index contributed by atoms with van der Waals surface area (Å²) in [5, 5.41) is 13.2. The molecular formula is C18H13N3O6S. The molecule has 0 saturated heterocycles. The topological polar surface area (TPSA) is 128 Å². The van der Waals surface area contributed by atoms with Crippen LogP contribution in [-0.2, 0) is 9.59 Å². The van der Waals surface area contributed by atoms with E-state index in [1.165, 1.54) is 30.6 Å². The van der Waals surface area contributed by atoms with Crippen LogP contribution in [0.1, 0.15) is 16.8 Å². The Hall–Kier alpha value is -3.66. The van der Waals surface area contributed by atoms with Gasteiger partial charge in [0.25, 0.3) is 11.6 Å². The van der Waals surface area contributed by atoms with Gasteiger partial charge in [-0.15, -0.1) is 0 Å². The van der Waals surface area contributed by atoms with Crippen LogP contribution in [-0.4, -0.2) is 34.5 Å². The maximum Gasteiger partial charge on any atom is 0.294 e. The predicted octanol–water partition coefficient (Wildman–Crippen LogP) is 2.99. The third kappa shape index (κ3) is 4.18. The lowest BCUT2D eigenvalue weighted by atomic mass is 10.1. The SMILES string of the molecule is COc1ccc2nc(NC(=O)C(=O)CC(=O)c3ccc([N+](=O)[O-])cc3)sc2c1. The van der Waals surface area contributed by atoms with E-state index in [1.807, 2.05) is 0 Å². The fourth-order valence-electron chi connectivity index (χ4n) is 2.35. The largest absolute Gasteiger partial charge is 0.497 e. The number of Topliss-reactive ketones (excluding diaryl/α,β-unsaturated/α-hetero) is 2. The van der Waals surface area contributed by atoms with Gasteiger partial charge >= 0.3 is 0 Å². The van der Waals surface area contributed by atoms with E-state index in [-0.39, 0.29) is 16.4 Å². The van der Waals surface area contributed by atoms with Gasteiger partial charge in [0.05, 0.1) is 28.7 Å². The minimum absolute atomic E-state index is 0.110. The molecule has 1 N–H and O–H groups in total. The third-order valence-corrected chi connectivity index (χ3v) is 4.72. The first kappa shape index (κ1) is 19.1. The van der Waals surface area contributed by atoms with Crippen molar-refractivity contribution in [3.05, 3.63) is 58.1 Å². The molecule has 0 spiro atoms. The number of nitro groups is 1. The summed E-state index contributed by atoms with van der Waals surface area (Å²) < 4.78 is 5.89. The summed E-state index contributed by atoms with van der Waals surface area (Å²) >= 11 is 1.17. The molecule has 0 atom stereocenters. The fraction of sp³-hybridized carbons (Fsp3) is 0.111. The highest BCUT2D eigenvalue weighted by molar-refractivity contribution is 7.22. The number of non-ortho nitro benzene ring substituents is 1. The number of carbonyl (C=O) groups excluding carboxylic acids is 3. The Morgan fingerprint density at radius 3 is 2.54 bits per heavy atom. The number of nitrogens with one attached hydrogen (secondary N) is 1. The number of fused-ring (bicyclic) bond motifs is 1. The molecule has 0 radical (unpaired) electrons. The van der Waals surface area contributed by atoms with Crippen LogP contribution in [0.15, 0.2) is 42.5 Å². The van der Waals surface area contributed by atoms with E-state index >= 15 is 0 Å². The second-order valence-corrected chi connectivity index (χ2v) is 6.66. The number of nitro benzene ring substituents is 1. The molecule has 9 nitrogen and oxygen atoms in total. The molecule has 10 heteroatoms. The van der Waals surface area contributed by atoms with Crippen LogP contribution < -0.4 is 10.1 Å². The second kappa shape index (κ2) is 7.92. The monoisotopic (exact) mass is 399 g/mol. The van der Waals surface area contributed by atoms with E-state index < -0.39 is 28.8 Å². The minimum atomic E-state index is -0.957. The smallest absolute Gasteiger partial charge is 0.294 e. The van der Waals surface area contributed by atoms with Crippen molar-refractivity contribution in [2.45, 2.75) is 6.42 Å². The van der Waals surface area contributed by atoms with E-state index in [0.29, 0.717) is 11.3 Å². The number of ether oxygens (including phenoxy) is 1. The van der Waals surface area contributed by atoms with Crippen molar-refractivity contribution in [3.63, 3.8) is 0 Å². The number of methoxy groups -OCH3 is 1. The van der Waals surface area contributed by atoms with Crippen molar-refractivity contribution in [3.8, 4) is 5.75 Å². The molecule has 1 aromatic heterocycles. The Balaban J connectivity index is 1.64. The first-order chi connectivity index (χ1) is 13.4. The van der Waals surface area contributed by atoms with Crippen molar-refractivity contribution in [2.75, 3.05) is 12.4 Å². The summed E-state index contributed by atoms with van der Waals surface area (Å²) in [6, 6.07) is 10.0. The van der Waals surface area contributed by atoms with Gasteiger partial charge < -0.3 is 4.74 Å². The van der Waals surface area contributed by atoms with Gasteiger partial charge in [-0.2, -0.15) is 0 Å². The minimum Gasteiger partial charge on any atom is -0.497 e. The molecule has 0 aliphatic carbocycles. The first-order valence-corrected chi connectivity index (χ1v) is 8.75. The molecule has 0 aliphatic rings. The van der Waals surface area contributed by atoms with Gasteiger partial charge in [-0.1, -0.05) is 11.3 Å². The van der Waals surface area contributed by atoms with Gasteiger partial charge in [-0.3, -0.25) is 29.8 Å². The molecule has 28 heavy (non-hydrogen) atoms. The molecule has 3 aromatic rings. The van der Waals surface area contributed by atoms with Gasteiger partial charge in [-0.25, -0.2) is 4.98 Å². The van der Waals surface area contributed by atoms with Crippen LogP contribution >= 0.6 is 11.3 Å². The normalized spacial score (nSPS) is 10.5. The average molecular weight is 399 g/mol. The van der Waals surface area contributed by atoms with E-state index in [1.54, 1.807) is 18.2 Å². The van der Waals surface area contributed by atoms with Crippen molar-refractivity contribution >= 4 is 49.8 Å². The third-order valence-electron chi connectivity index (χ3n) is 3.79. The Labute approximate surface area is 162 Å². The zero-order valence-corrected chi connectivity index (χ0v) is 15.3. The molecule has 2 aromatic carbocycles. The molecule has 0 fully saturated rings. The first-order valence-electron chi connectivity index (χ1n) is 7.94. The van der Waals surface area contributed by atoms with Crippen LogP contribution in [0.25, 0.3) is 10.2 Å². The van der Waals surface area contributed by atoms with Crippen LogP contribution in [0, 0.1) is 10.1 Å². The molecule has 0 unspecified atom stereocenters. The molecule has 0 bridgehead atoms. The molecule has 3 rings (SSSR count). The Kier molecular flexibility index (Phi) is 5.41. The fourth-order valence-corrected chi connectivity index (χ4v) is 3.24. The quantitative estimate of drug-likeness (QED) is 0.213. The molecular weight excluding hydrogens is 386 g/mol. The maximum absolute atomic E-state index is 12.1. The summed E-state index contributed by atoms with van der Waals surface area (Å²) in [6.07, 6.45) is -0.650. The number of benzene rings is 2. The lowest BCUT2D eigenvalue weighted by molar-refractivity contribution is -0.384. The summed E-state index contributed by atoms with van der Waals surface area (Å²) in [5.41, 5.74) is 0.572. The van der Waals surface area contributed by atoms with Crippen LogP contribution in [0.5, 0.6) is 5.75 Å². The molecule has 1 amide bonds. The van der Waals surface area contributed by atoms with Gasteiger partial charge in [0, 0.05) is 17.7 Å². The second-order valence-electron chi connectivity index (χ2n) is 5.63. The van der Waals surface area contributed by atoms with Crippen molar-refractivity contribution in [1.29, 1.82) is 0 Å². The molecule has 142 valence electrons. The van der Waals surface area contributed by atoms with E-state index in [2.05, 4.69) is 10.3 Å². The number of anilines is 1. The number of ketones is 2. The van der Waals surface area contributed by atoms with Gasteiger partial charge in [0.1, 0.15) is 5.75 Å².